The molecule has 0 aliphatic heterocycles. The zero-order valence-corrected chi connectivity index (χ0v) is 6.14. The third-order valence-electron chi connectivity index (χ3n) is 1.42. The summed E-state index contributed by atoms with van der Waals surface area (Å²) in [6.45, 7) is 0. The molecule has 56 valence electrons. The van der Waals surface area contributed by atoms with Gasteiger partial charge in [0, 0.05) is 6.20 Å². The third kappa shape index (κ3) is 0.832. The molecule has 5 heteroatoms. The monoisotopic (exact) mass is 169 g/mol. The number of hydrogen-bond donors (Lipinski definition) is 2. The zero-order valence-electron chi connectivity index (χ0n) is 5.39. The fourth-order valence-corrected chi connectivity index (χ4v) is 1.12. The molecular weight excluding hydrogens is 166 g/mol. The summed E-state index contributed by atoms with van der Waals surface area (Å²) in [5.41, 5.74) is 0.717. The maximum atomic E-state index is 11.0. The average Bonchev–Trinajstić information content (AvgIpc) is 2.35. The molecule has 2 aromatic heterocycles. The summed E-state index contributed by atoms with van der Waals surface area (Å²) >= 11 is 5.70. The Balaban J connectivity index is 3.06. The Kier molecular flexibility index (Phi) is 1.22. The van der Waals surface area contributed by atoms with Crippen LogP contribution in [0.1, 0.15) is 0 Å². The summed E-state index contributed by atoms with van der Waals surface area (Å²) in [6, 6.07) is 0. The van der Waals surface area contributed by atoms with Crippen molar-refractivity contribution in [2.24, 2.45) is 0 Å². The summed E-state index contributed by atoms with van der Waals surface area (Å²) in [7, 11) is 0. The van der Waals surface area contributed by atoms with Crippen molar-refractivity contribution in [1.82, 2.24) is 15.0 Å². The topological polar surface area (TPSA) is 61.5 Å². The number of aromatic amines is 2. The number of aromatic nitrogens is 3. The number of halogens is 1. The molecule has 0 radical (unpaired) electrons. The third-order valence-corrected chi connectivity index (χ3v) is 1.71. The highest BCUT2D eigenvalue weighted by Crippen LogP contribution is 2.16. The zero-order chi connectivity index (χ0) is 7.84. The molecule has 2 N–H and O–H groups in total. The number of nitrogens with one attached hydrogen (secondary N) is 2. The van der Waals surface area contributed by atoms with Gasteiger partial charge in [-0.15, -0.1) is 0 Å². The average molecular weight is 170 g/mol. The number of nitrogens with zero attached hydrogens (tertiary/aromatic N) is 1. The van der Waals surface area contributed by atoms with E-state index in [0.717, 1.165) is 0 Å². The van der Waals surface area contributed by atoms with Gasteiger partial charge < -0.3 is 9.97 Å². The van der Waals surface area contributed by atoms with Crippen LogP contribution < -0.4 is 5.56 Å². The molecule has 0 aromatic carbocycles. The summed E-state index contributed by atoms with van der Waals surface area (Å²) in [4.78, 5) is 20.0. The molecule has 0 bridgehead atoms. The Labute approximate surface area is 66.2 Å². The molecule has 0 atom stereocenters. The fourth-order valence-electron chi connectivity index (χ4n) is 0.919. The summed E-state index contributed by atoms with van der Waals surface area (Å²) < 4.78 is 0. The van der Waals surface area contributed by atoms with E-state index < -0.39 is 0 Å². The van der Waals surface area contributed by atoms with E-state index in [0.29, 0.717) is 16.1 Å². The quantitative estimate of drug-likeness (QED) is 0.616. The number of fused-ring (bicyclic) bond motifs is 1. The highest BCUT2D eigenvalue weighted by atomic mass is 35.5. The molecule has 0 fully saturated rings. The second kappa shape index (κ2) is 2.10. The highest BCUT2D eigenvalue weighted by molar-refractivity contribution is 6.34. The lowest BCUT2D eigenvalue weighted by molar-refractivity contribution is 1.16. The van der Waals surface area contributed by atoms with Gasteiger partial charge in [-0.3, -0.25) is 4.79 Å². The van der Waals surface area contributed by atoms with Crippen LogP contribution >= 0.6 is 11.6 Å². The lowest BCUT2D eigenvalue weighted by atomic mass is 10.5. The molecule has 2 rings (SSSR count). The van der Waals surface area contributed by atoms with E-state index in [1.54, 1.807) is 0 Å². The number of rotatable bonds is 0. The van der Waals surface area contributed by atoms with Gasteiger partial charge in [0.15, 0.2) is 0 Å². The van der Waals surface area contributed by atoms with Crippen molar-refractivity contribution in [3.63, 3.8) is 0 Å². The Hall–Kier alpha value is -1.29. The molecule has 0 saturated heterocycles. The largest absolute Gasteiger partial charge is 0.354 e. The first-order valence-corrected chi connectivity index (χ1v) is 3.37. The predicted octanol–water partition coefficient (Wildman–Crippen LogP) is 0.905. The van der Waals surface area contributed by atoms with Gasteiger partial charge in [-0.2, -0.15) is 0 Å². The Bertz CT molecular complexity index is 444. The molecule has 2 aromatic rings. The molecule has 0 aliphatic carbocycles. The van der Waals surface area contributed by atoms with Crippen LogP contribution in [-0.2, 0) is 0 Å². The SMILES string of the molecule is O=c1[nH]cnc2c(Cl)c[nH]c12. The minimum Gasteiger partial charge on any atom is -0.354 e. The van der Waals surface area contributed by atoms with Crippen LogP contribution in [0.4, 0.5) is 0 Å². The van der Waals surface area contributed by atoms with Crippen molar-refractivity contribution >= 4 is 22.6 Å². The van der Waals surface area contributed by atoms with Crippen LogP contribution in [0, 0.1) is 0 Å². The van der Waals surface area contributed by atoms with E-state index in [9.17, 15) is 4.79 Å². The molecule has 0 amide bonds. The maximum absolute atomic E-state index is 11.0. The molecule has 11 heavy (non-hydrogen) atoms. The van der Waals surface area contributed by atoms with Crippen molar-refractivity contribution in [3.8, 4) is 0 Å². The van der Waals surface area contributed by atoms with Crippen LogP contribution in [0.3, 0.4) is 0 Å². The van der Waals surface area contributed by atoms with E-state index >= 15 is 0 Å². The van der Waals surface area contributed by atoms with Gasteiger partial charge in [0.1, 0.15) is 11.0 Å². The second-order valence-corrected chi connectivity index (χ2v) is 2.50. The van der Waals surface area contributed by atoms with Crippen LogP contribution in [-0.4, -0.2) is 15.0 Å². The van der Waals surface area contributed by atoms with Gasteiger partial charge in [-0.05, 0) is 0 Å². The molecule has 0 aliphatic rings. The standard InChI is InChI=1S/C6H4ClN3O/c7-3-1-8-5-4(3)9-2-10-6(5)11/h1-2,8H,(H,9,10,11). The van der Waals surface area contributed by atoms with Gasteiger partial charge in [0.2, 0.25) is 0 Å². The van der Waals surface area contributed by atoms with Gasteiger partial charge in [0.25, 0.3) is 5.56 Å². The van der Waals surface area contributed by atoms with E-state index in [1.807, 2.05) is 0 Å². The van der Waals surface area contributed by atoms with Crippen LogP contribution in [0.25, 0.3) is 11.0 Å². The van der Waals surface area contributed by atoms with Crippen molar-refractivity contribution < 1.29 is 0 Å². The van der Waals surface area contributed by atoms with E-state index in [2.05, 4.69) is 15.0 Å². The van der Waals surface area contributed by atoms with Crippen LogP contribution in [0.5, 0.6) is 0 Å². The van der Waals surface area contributed by atoms with E-state index in [-0.39, 0.29) is 5.56 Å². The minimum absolute atomic E-state index is 0.207. The lowest BCUT2D eigenvalue weighted by Gasteiger charge is -1.85. The van der Waals surface area contributed by atoms with Crippen molar-refractivity contribution in [3.05, 3.63) is 27.9 Å². The maximum Gasteiger partial charge on any atom is 0.275 e. The van der Waals surface area contributed by atoms with Crippen LogP contribution in [0.15, 0.2) is 17.3 Å². The molecule has 2 heterocycles. The summed E-state index contributed by atoms with van der Waals surface area (Å²) in [6.07, 6.45) is 2.86. The Morgan fingerprint density at radius 2 is 2.27 bits per heavy atom. The fraction of sp³-hybridized carbons (Fsp3) is 0. The summed E-state index contributed by atoms with van der Waals surface area (Å²) in [5, 5.41) is 0.464. The minimum atomic E-state index is -0.207. The Morgan fingerprint density at radius 3 is 3.00 bits per heavy atom. The van der Waals surface area contributed by atoms with Gasteiger partial charge in [-0.1, -0.05) is 11.6 Å². The van der Waals surface area contributed by atoms with E-state index in [1.165, 1.54) is 12.5 Å². The number of hydrogen-bond acceptors (Lipinski definition) is 2. The van der Waals surface area contributed by atoms with E-state index in [4.69, 9.17) is 11.6 Å². The molecule has 0 unspecified atom stereocenters. The van der Waals surface area contributed by atoms with Gasteiger partial charge >= 0.3 is 0 Å². The van der Waals surface area contributed by atoms with Crippen molar-refractivity contribution in [2.45, 2.75) is 0 Å². The van der Waals surface area contributed by atoms with Crippen molar-refractivity contribution in [2.75, 3.05) is 0 Å². The lowest BCUT2D eigenvalue weighted by Crippen LogP contribution is -2.05. The van der Waals surface area contributed by atoms with Gasteiger partial charge in [0.05, 0.1) is 11.3 Å². The first kappa shape index (κ1) is 6.42. The molecular formula is C6H4ClN3O. The normalized spacial score (nSPS) is 10.6. The second-order valence-electron chi connectivity index (χ2n) is 2.09. The predicted molar refractivity (Wildman–Crippen MR) is 41.7 cm³/mol. The molecule has 0 spiro atoms. The van der Waals surface area contributed by atoms with Crippen molar-refractivity contribution in [1.29, 1.82) is 0 Å². The molecule has 0 saturated carbocycles. The summed E-state index contributed by atoms with van der Waals surface area (Å²) in [5.74, 6) is 0. The highest BCUT2D eigenvalue weighted by Gasteiger charge is 2.03. The molecule has 4 nitrogen and oxygen atoms in total. The van der Waals surface area contributed by atoms with Gasteiger partial charge in [-0.25, -0.2) is 4.98 Å². The smallest absolute Gasteiger partial charge is 0.275 e. The first-order valence-electron chi connectivity index (χ1n) is 2.99. The Morgan fingerprint density at radius 1 is 1.45 bits per heavy atom. The number of H-pyrrole nitrogens is 2. The first-order chi connectivity index (χ1) is 5.29. The van der Waals surface area contributed by atoms with Crippen LogP contribution in [0.2, 0.25) is 5.02 Å².